The van der Waals surface area contributed by atoms with Crippen molar-refractivity contribution in [2.45, 2.75) is 13.0 Å². The summed E-state index contributed by atoms with van der Waals surface area (Å²) in [6, 6.07) is 16.2. The number of nitrogens with one attached hydrogen (secondary N) is 2. The van der Waals surface area contributed by atoms with Crippen molar-refractivity contribution in [1.29, 1.82) is 0 Å². The van der Waals surface area contributed by atoms with Crippen molar-refractivity contribution in [3.63, 3.8) is 0 Å². The van der Waals surface area contributed by atoms with E-state index in [-0.39, 0.29) is 12.1 Å². The van der Waals surface area contributed by atoms with Crippen LogP contribution in [0.4, 0.5) is 10.5 Å². The molecule has 0 saturated heterocycles. The third-order valence-corrected chi connectivity index (χ3v) is 2.97. The number of amides is 2. The first-order valence-corrected chi connectivity index (χ1v) is 7.07. The van der Waals surface area contributed by atoms with Gasteiger partial charge in [-0.15, -0.1) is 0 Å². The molecule has 5 nitrogen and oxygen atoms in total. The zero-order valence-electron chi connectivity index (χ0n) is 12.7. The van der Waals surface area contributed by atoms with Gasteiger partial charge in [0.2, 0.25) is 0 Å². The highest BCUT2D eigenvalue weighted by molar-refractivity contribution is 5.89. The zero-order chi connectivity index (χ0) is 15.8. The van der Waals surface area contributed by atoms with Crippen LogP contribution in [0.15, 0.2) is 54.6 Å². The Hall–Kier alpha value is -2.69. The van der Waals surface area contributed by atoms with E-state index in [0.29, 0.717) is 6.61 Å². The molecule has 2 rings (SSSR count). The molecular formula is C17H20N2O3. The summed E-state index contributed by atoms with van der Waals surface area (Å²) in [5.41, 5.74) is 0.753. The molecule has 0 aliphatic heterocycles. The molecular weight excluding hydrogens is 280 g/mol. The predicted octanol–water partition coefficient (Wildman–Crippen LogP) is 3.28. The van der Waals surface area contributed by atoms with Crippen LogP contribution in [0.5, 0.6) is 11.5 Å². The van der Waals surface area contributed by atoms with E-state index in [4.69, 9.17) is 9.47 Å². The van der Waals surface area contributed by atoms with E-state index < -0.39 is 0 Å². The highest BCUT2D eigenvalue weighted by atomic mass is 16.5. The number of benzene rings is 2. The van der Waals surface area contributed by atoms with Crippen LogP contribution in [0.2, 0.25) is 0 Å². The van der Waals surface area contributed by atoms with E-state index in [1.807, 2.05) is 61.5 Å². The second-order valence-corrected chi connectivity index (χ2v) is 4.85. The second-order valence-electron chi connectivity index (χ2n) is 4.85. The van der Waals surface area contributed by atoms with Crippen molar-refractivity contribution < 1.29 is 14.3 Å². The summed E-state index contributed by atoms with van der Waals surface area (Å²) in [7, 11) is 1.62. The molecule has 0 aliphatic carbocycles. The predicted molar refractivity (Wildman–Crippen MR) is 86.5 cm³/mol. The fourth-order valence-electron chi connectivity index (χ4n) is 1.85. The number of hydrogen-bond donors (Lipinski definition) is 2. The number of carbonyl (C=O) groups excluding carboxylic acids is 1. The fourth-order valence-corrected chi connectivity index (χ4v) is 1.85. The average molecular weight is 300 g/mol. The standard InChI is InChI=1S/C17H20N2O3/c1-13(12-22-16-10-8-15(21-2)9-11-16)18-17(20)19-14-6-4-3-5-7-14/h3-11,13H,12H2,1-2H3,(H2,18,19,20). The topological polar surface area (TPSA) is 59.6 Å². The Kier molecular flexibility index (Phi) is 5.65. The number of para-hydroxylation sites is 1. The molecule has 1 unspecified atom stereocenters. The van der Waals surface area contributed by atoms with Crippen molar-refractivity contribution in [2.75, 3.05) is 19.0 Å². The van der Waals surface area contributed by atoms with Gasteiger partial charge in [-0.3, -0.25) is 0 Å². The lowest BCUT2D eigenvalue weighted by Crippen LogP contribution is -2.39. The molecule has 2 amide bonds. The van der Waals surface area contributed by atoms with Crippen LogP contribution in [-0.2, 0) is 0 Å². The van der Waals surface area contributed by atoms with Gasteiger partial charge in [0.05, 0.1) is 13.2 Å². The Bertz CT molecular complexity index is 585. The van der Waals surface area contributed by atoms with Gasteiger partial charge < -0.3 is 20.1 Å². The van der Waals surface area contributed by atoms with Gasteiger partial charge in [-0.2, -0.15) is 0 Å². The molecule has 0 fully saturated rings. The van der Waals surface area contributed by atoms with Crippen LogP contribution in [0.1, 0.15) is 6.92 Å². The normalized spacial score (nSPS) is 11.4. The van der Waals surface area contributed by atoms with Crippen LogP contribution >= 0.6 is 0 Å². The van der Waals surface area contributed by atoms with E-state index in [9.17, 15) is 4.79 Å². The summed E-state index contributed by atoms with van der Waals surface area (Å²) in [5.74, 6) is 1.51. The summed E-state index contributed by atoms with van der Waals surface area (Å²) < 4.78 is 10.7. The Labute approximate surface area is 130 Å². The summed E-state index contributed by atoms with van der Waals surface area (Å²) in [4.78, 5) is 11.8. The SMILES string of the molecule is COc1ccc(OCC(C)NC(=O)Nc2ccccc2)cc1. The van der Waals surface area contributed by atoms with Crippen LogP contribution in [-0.4, -0.2) is 25.8 Å². The number of urea groups is 1. The third kappa shape index (κ3) is 5.01. The average Bonchev–Trinajstić information content (AvgIpc) is 2.54. The lowest BCUT2D eigenvalue weighted by molar-refractivity contribution is 0.236. The Balaban J connectivity index is 1.74. The molecule has 2 N–H and O–H groups in total. The van der Waals surface area contributed by atoms with Gasteiger partial charge in [0.15, 0.2) is 0 Å². The summed E-state index contributed by atoms with van der Waals surface area (Å²) in [5, 5.41) is 5.59. The van der Waals surface area contributed by atoms with E-state index in [2.05, 4.69) is 10.6 Å². The highest BCUT2D eigenvalue weighted by Gasteiger charge is 2.08. The Morgan fingerprint density at radius 1 is 1.05 bits per heavy atom. The molecule has 0 bridgehead atoms. The Morgan fingerprint density at radius 2 is 1.68 bits per heavy atom. The number of methoxy groups -OCH3 is 1. The number of anilines is 1. The molecule has 1 atom stereocenters. The Morgan fingerprint density at radius 3 is 2.32 bits per heavy atom. The van der Waals surface area contributed by atoms with Crippen molar-refractivity contribution >= 4 is 11.7 Å². The van der Waals surface area contributed by atoms with Gasteiger partial charge in [-0.25, -0.2) is 4.79 Å². The molecule has 0 radical (unpaired) electrons. The monoisotopic (exact) mass is 300 g/mol. The van der Waals surface area contributed by atoms with Crippen molar-refractivity contribution in [1.82, 2.24) is 5.32 Å². The maximum atomic E-state index is 11.8. The van der Waals surface area contributed by atoms with Gasteiger partial charge in [-0.1, -0.05) is 18.2 Å². The molecule has 0 heterocycles. The maximum absolute atomic E-state index is 11.8. The molecule has 0 spiro atoms. The molecule has 22 heavy (non-hydrogen) atoms. The minimum absolute atomic E-state index is 0.120. The zero-order valence-corrected chi connectivity index (χ0v) is 12.7. The first-order valence-electron chi connectivity index (χ1n) is 7.07. The third-order valence-electron chi connectivity index (χ3n) is 2.97. The fraction of sp³-hybridized carbons (Fsp3) is 0.235. The van der Waals surface area contributed by atoms with Gasteiger partial charge in [0, 0.05) is 5.69 Å². The minimum Gasteiger partial charge on any atom is -0.497 e. The summed E-state index contributed by atoms with van der Waals surface area (Å²) in [6.07, 6.45) is 0. The molecule has 2 aromatic carbocycles. The molecule has 116 valence electrons. The van der Waals surface area contributed by atoms with E-state index >= 15 is 0 Å². The van der Waals surface area contributed by atoms with E-state index in [1.165, 1.54) is 0 Å². The lowest BCUT2D eigenvalue weighted by atomic mass is 10.3. The lowest BCUT2D eigenvalue weighted by Gasteiger charge is -2.15. The largest absolute Gasteiger partial charge is 0.497 e. The quantitative estimate of drug-likeness (QED) is 0.860. The van der Waals surface area contributed by atoms with Crippen LogP contribution < -0.4 is 20.1 Å². The van der Waals surface area contributed by atoms with Gasteiger partial charge in [0.1, 0.15) is 18.1 Å². The van der Waals surface area contributed by atoms with Crippen molar-refractivity contribution in [3.05, 3.63) is 54.6 Å². The first-order chi connectivity index (χ1) is 10.7. The number of ether oxygens (including phenoxy) is 2. The molecule has 2 aromatic rings. The van der Waals surface area contributed by atoms with Gasteiger partial charge in [0.25, 0.3) is 0 Å². The van der Waals surface area contributed by atoms with Gasteiger partial charge in [-0.05, 0) is 43.3 Å². The summed E-state index contributed by atoms with van der Waals surface area (Å²) in [6.45, 7) is 2.27. The molecule has 5 heteroatoms. The number of hydrogen-bond acceptors (Lipinski definition) is 3. The first kappa shape index (κ1) is 15.7. The maximum Gasteiger partial charge on any atom is 0.319 e. The van der Waals surface area contributed by atoms with Crippen molar-refractivity contribution in [2.24, 2.45) is 0 Å². The summed E-state index contributed by atoms with van der Waals surface area (Å²) >= 11 is 0. The molecule has 0 aliphatic rings. The molecule has 0 saturated carbocycles. The van der Waals surface area contributed by atoms with Crippen LogP contribution in [0, 0.1) is 0 Å². The van der Waals surface area contributed by atoms with Gasteiger partial charge >= 0.3 is 6.03 Å². The number of carbonyl (C=O) groups is 1. The highest BCUT2D eigenvalue weighted by Crippen LogP contribution is 2.17. The van der Waals surface area contributed by atoms with Crippen LogP contribution in [0.25, 0.3) is 0 Å². The smallest absolute Gasteiger partial charge is 0.319 e. The molecule has 0 aromatic heterocycles. The van der Waals surface area contributed by atoms with E-state index in [0.717, 1.165) is 17.2 Å². The minimum atomic E-state index is -0.253. The number of rotatable bonds is 6. The second kappa shape index (κ2) is 7.93. The van der Waals surface area contributed by atoms with E-state index in [1.54, 1.807) is 7.11 Å². The van der Waals surface area contributed by atoms with Crippen molar-refractivity contribution in [3.8, 4) is 11.5 Å². The van der Waals surface area contributed by atoms with Crippen LogP contribution in [0.3, 0.4) is 0 Å².